The number of carbonyl (C=O) groups is 1. The molecule has 0 aliphatic carbocycles. The number of amides is 1. The van der Waals surface area contributed by atoms with Gasteiger partial charge >= 0.3 is 0 Å². The molecule has 1 amide bonds. The number of benzene rings is 1. The number of hydrogen-bond donors (Lipinski definition) is 1. The fourth-order valence-electron chi connectivity index (χ4n) is 1.95. The highest BCUT2D eigenvalue weighted by Crippen LogP contribution is 2.15. The molecule has 1 unspecified atom stereocenters. The van der Waals surface area contributed by atoms with Crippen molar-refractivity contribution in [3.8, 4) is 0 Å². The van der Waals surface area contributed by atoms with E-state index in [0.29, 0.717) is 5.56 Å². The maximum absolute atomic E-state index is 12.4. The summed E-state index contributed by atoms with van der Waals surface area (Å²) in [5, 5.41) is 0. The Morgan fingerprint density at radius 1 is 1.53 bits per heavy atom. The van der Waals surface area contributed by atoms with Gasteiger partial charge in [0.15, 0.2) is 0 Å². The molecule has 1 aromatic carbocycles. The van der Waals surface area contributed by atoms with Crippen molar-refractivity contribution >= 4 is 28.7 Å². The van der Waals surface area contributed by atoms with Gasteiger partial charge in [-0.3, -0.25) is 4.79 Å². The van der Waals surface area contributed by atoms with Gasteiger partial charge in [0.1, 0.15) is 0 Å². The Balaban J connectivity index is 2.13. The van der Waals surface area contributed by atoms with E-state index in [1.54, 1.807) is 18.1 Å². The zero-order chi connectivity index (χ0) is 13.8. The molecule has 1 atom stereocenters. The molecule has 4 nitrogen and oxygen atoms in total. The number of aromatic nitrogens is 2. The van der Waals surface area contributed by atoms with E-state index in [4.69, 9.17) is 0 Å². The minimum absolute atomic E-state index is 0.0603. The molecule has 0 fully saturated rings. The van der Waals surface area contributed by atoms with Crippen LogP contribution in [-0.4, -0.2) is 45.9 Å². The monoisotopic (exact) mass is 277 g/mol. The molecule has 2 aromatic rings. The van der Waals surface area contributed by atoms with Gasteiger partial charge in [-0.1, -0.05) is 0 Å². The maximum atomic E-state index is 12.4. The van der Waals surface area contributed by atoms with Crippen LogP contribution in [0.15, 0.2) is 24.5 Å². The Morgan fingerprint density at radius 3 is 3.05 bits per heavy atom. The van der Waals surface area contributed by atoms with Crippen LogP contribution in [0.25, 0.3) is 11.0 Å². The zero-order valence-corrected chi connectivity index (χ0v) is 12.3. The van der Waals surface area contributed by atoms with Crippen molar-refractivity contribution < 1.29 is 4.79 Å². The summed E-state index contributed by atoms with van der Waals surface area (Å²) in [6, 6.07) is 5.82. The molecule has 1 aromatic heterocycles. The molecule has 2 rings (SSSR count). The Morgan fingerprint density at radius 2 is 2.32 bits per heavy atom. The van der Waals surface area contributed by atoms with Crippen LogP contribution in [0.1, 0.15) is 23.7 Å². The molecule has 1 N–H and O–H groups in total. The summed E-state index contributed by atoms with van der Waals surface area (Å²) in [5.41, 5.74) is 2.49. The SMILES string of the molecule is CSCCC(C)N(C)C(=O)c1ccc2nc[nH]c2c1. The van der Waals surface area contributed by atoms with Crippen LogP contribution in [0.4, 0.5) is 0 Å². The van der Waals surface area contributed by atoms with Crippen molar-refractivity contribution in [2.24, 2.45) is 0 Å². The van der Waals surface area contributed by atoms with E-state index >= 15 is 0 Å². The van der Waals surface area contributed by atoms with Crippen LogP contribution < -0.4 is 0 Å². The van der Waals surface area contributed by atoms with Crippen molar-refractivity contribution in [1.82, 2.24) is 14.9 Å². The number of fused-ring (bicyclic) bond motifs is 1. The predicted octanol–water partition coefficient (Wildman–Crippen LogP) is 2.78. The molecule has 0 aliphatic rings. The van der Waals surface area contributed by atoms with Gasteiger partial charge < -0.3 is 9.88 Å². The summed E-state index contributed by atoms with van der Waals surface area (Å²) in [6.45, 7) is 2.09. The smallest absolute Gasteiger partial charge is 0.253 e. The van der Waals surface area contributed by atoms with Gasteiger partial charge in [-0.05, 0) is 43.6 Å². The quantitative estimate of drug-likeness (QED) is 0.914. The predicted molar refractivity (Wildman–Crippen MR) is 80.6 cm³/mol. The van der Waals surface area contributed by atoms with Crippen molar-refractivity contribution in [2.75, 3.05) is 19.1 Å². The molecule has 5 heteroatoms. The van der Waals surface area contributed by atoms with Crippen LogP contribution in [0.2, 0.25) is 0 Å². The number of hydrogen-bond acceptors (Lipinski definition) is 3. The largest absolute Gasteiger partial charge is 0.345 e. The molecule has 0 aliphatic heterocycles. The van der Waals surface area contributed by atoms with Crippen molar-refractivity contribution in [3.63, 3.8) is 0 Å². The lowest BCUT2D eigenvalue weighted by molar-refractivity contribution is 0.0741. The number of rotatable bonds is 5. The van der Waals surface area contributed by atoms with Crippen molar-refractivity contribution in [2.45, 2.75) is 19.4 Å². The number of aromatic amines is 1. The van der Waals surface area contributed by atoms with E-state index in [2.05, 4.69) is 23.1 Å². The fraction of sp³-hybridized carbons (Fsp3) is 0.429. The number of nitrogens with one attached hydrogen (secondary N) is 1. The summed E-state index contributed by atoms with van der Waals surface area (Å²) in [6.07, 6.45) is 4.74. The average molecular weight is 277 g/mol. The fourth-order valence-corrected chi connectivity index (χ4v) is 2.53. The van der Waals surface area contributed by atoms with E-state index in [1.165, 1.54) is 0 Å². The van der Waals surface area contributed by atoms with Crippen LogP contribution in [0.3, 0.4) is 0 Å². The summed E-state index contributed by atoms with van der Waals surface area (Å²) in [4.78, 5) is 21.4. The van der Waals surface area contributed by atoms with Gasteiger partial charge in [0.2, 0.25) is 0 Å². The third-order valence-corrected chi connectivity index (χ3v) is 4.03. The zero-order valence-electron chi connectivity index (χ0n) is 11.5. The molecule has 0 spiro atoms. The number of carbonyl (C=O) groups excluding carboxylic acids is 1. The maximum Gasteiger partial charge on any atom is 0.253 e. The molecule has 1 heterocycles. The third-order valence-electron chi connectivity index (χ3n) is 3.39. The lowest BCUT2D eigenvalue weighted by Crippen LogP contribution is -2.35. The Labute approximate surface area is 117 Å². The average Bonchev–Trinajstić information content (AvgIpc) is 2.90. The van der Waals surface area contributed by atoms with E-state index in [9.17, 15) is 4.79 Å². The van der Waals surface area contributed by atoms with Crippen LogP contribution in [0.5, 0.6) is 0 Å². The molecule has 102 valence electrons. The highest BCUT2D eigenvalue weighted by atomic mass is 32.2. The molecule has 0 radical (unpaired) electrons. The van der Waals surface area contributed by atoms with Gasteiger partial charge in [-0.25, -0.2) is 4.98 Å². The lowest BCUT2D eigenvalue weighted by atomic mass is 10.1. The molecular formula is C14H19N3OS. The first-order valence-corrected chi connectivity index (χ1v) is 7.72. The molecule has 0 bridgehead atoms. The summed E-state index contributed by atoms with van der Waals surface area (Å²) in [7, 11) is 1.87. The minimum Gasteiger partial charge on any atom is -0.345 e. The highest BCUT2D eigenvalue weighted by molar-refractivity contribution is 7.98. The van der Waals surface area contributed by atoms with E-state index in [-0.39, 0.29) is 11.9 Å². The number of H-pyrrole nitrogens is 1. The van der Waals surface area contributed by atoms with Gasteiger partial charge in [-0.2, -0.15) is 11.8 Å². The van der Waals surface area contributed by atoms with Crippen LogP contribution >= 0.6 is 11.8 Å². The standard InChI is InChI=1S/C14H19N3OS/c1-10(6-7-19-3)17(2)14(18)11-4-5-12-13(8-11)16-9-15-12/h4-5,8-10H,6-7H2,1-3H3,(H,15,16). The van der Waals surface area contributed by atoms with Crippen molar-refractivity contribution in [1.29, 1.82) is 0 Å². The Hall–Kier alpha value is -1.49. The molecule has 19 heavy (non-hydrogen) atoms. The van der Waals surface area contributed by atoms with Gasteiger partial charge in [0, 0.05) is 18.7 Å². The Bertz CT molecular complexity index is 567. The van der Waals surface area contributed by atoms with E-state index < -0.39 is 0 Å². The second-order valence-corrected chi connectivity index (χ2v) is 5.67. The first-order valence-electron chi connectivity index (χ1n) is 6.32. The van der Waals surface area contributed by atoms with Gasteiger partial charge in [0.05, 0.1) is 17.4 Å². The number of thioether (sulfide) groups is 1. The summed E-state index contributed by atoms with van der Waals surface area (Å²) >= 11 is 1.81. The first kappa shape index (κ1) is 13.9. The molecule has 0 saturated heterocycles. The highest BCUT2D eigenvalue weighted by Gasteiger charge is 2.17. The third kappa shape index (κ3) is 3.10. The van der Waals surface area contributed by atoms with Crippen LogP contribution in [-0.2, 0) is 0 Å². The van der Waals surface area contributed by atoms with E-state index in [0.717, 1.165) is 23.2 Å². The summed E-state index contributed by atoms with van der Waals surface area (Å²) < 4.78 is 0. The van der Waals surface area contributed by atoms with Crippen molar-refractivity contribution in [3.05, 3.63) is 30.1 Å². The summed E-state index contributed by atoms with van der Waals surface area (Å²) in [5.74, 6) is 1.13. The second kappa shape index (κ2) is 6.10. The molecular weight excluding hydrogens is 258 g/mol. The number of imidazole rings is 1. The minimum atomic E-state index is 0.0603. The number of nitrogens with zero attached hydrogens (tertiary/aromatic N) is 2. The second-order valence-electron chi connectivity index (χ2n) is 4.68. The Kier molecular flexibility index (Phi) is 4.47. The van der Waals surface area contributed by atoms with Gasteiger partial charge in [-0.15, -0.1) is 0 Å². The van der Waals surface area contributed by atoms with E-state index in [1.807, 2.05) is 30.1 Å². The molecule has 0 saturated carbocycles. The van der Waals surface area contributed by atoms with Crippen LogP contribution in [0, 0.1) is 0 Å². The topological polar surface area (TPSA) is 49.0 Å². The normalized spacial score (nSPS) is 12.6. The lowest BCUT2D eigenvalue weighted by Gasteiger charge is -2.24. The van der Waals surface area contributed by atoms with Gasteiger partial charge in [0.25, 0.3) is 5.91 Å². The first-order chi connectivity index (χ1) is 9.13.